The molecule has 1 aliphatic carbocycles. The first-order chi connectivity index (χ1) is 7.91. The Morgan fingerprint density at radius 3 is 2.06 bits per heavy atom. The van der Waals surface area contributed by atoms with E-state index in [-0.39, 0.29) is 5.41 Å². The zero-order chi connectivity index (χ0) is 12.7. The van der Waals surface area contributed by atoms with Gasteiger partial charge in [-0.15, -0.1) is 0 Å². The highest BCUT2D eigenvalue weighted by atomic mass is 16.5. The molecule has 0 spiro atoms. The third kappa shape index (κ3) is 1.99. The Bertz CT molecular complexity index is 435. The summed E-state index contributed by atoms with van der Waals surface area (Å²) in [5, 5.41) is 0. The maximum absolute atomic E-state index is 5.22. The zero-order valence-electron chi connectivity index (χ0n) is 11.5. The van der Waals surface area contributed by atoms with E-state index in [1.807, 2.05) is 0 Å². The van der Waals surface area contributed by atoms with Crippen molar-refractivity contribution in [2.24, 2.45) is 5.41 Å². The van der Waals surface area contributed by atoms with Crippen LogP contribution in [0.2, 0.25) is 0 Å². The van der Waals surface area contributed by atoms with Crippen LogP contribution in [0.5, 0.6) is 5.75 Å². The monoisotopic (exact) mass is 230 g/mol. The molecule has 1 fully saturated rings. The first-order valence-corrected chi connectivity index (χ1v) is 6.22. The maximum atomic E-state index is 5.22. The highest BCUT2D eigenvalue weighted by molar-refractivity contribution is 5.45. The van der Waals surface area contributed by atoms with E-state index in [0.29, 0.717) is 5.41 Å². The molecule has 0 N–H and O–H groups in total. The molecule has 0 amide bonds. The fourth-order valence-electron chi connectivity index (χ4n) is 2.86. The summed E-state index contributed by atoms with van der Waals surface area (Å²) < 4.78 is 5.22. The van der Waals surface area contributed by atoms with Crippen molar-refractivity contribution in [2.75, 3.05) is 7.11 Å². The highest BCUT2D eigenvalue weighted by Crippen LogP contribution is 2.65. The van der Waals surface area contributed by atoms with E-state index in [4.69, 9.17) is 4.74 Å². The molecule has 1 heteroatoms. The maximum Gasteiger partial charge on any atom is 0.118 e. The molecule has 1 aromatic rings. The second-order valence-electron chi connectivity index (χ2n) is 5.98. The lowest BCUT2D eigenvalue weighted by molar-refractivity contribution is 0.414. The summed E-state index contributed by atoms with van der Waals surface area (Å²) in [5.74, 6) is 0.930. The van der Waals surface area contributed by atoms with Gasteiger partial charge in [-0.1, -0.05) is 37.6 Å². The van der Waals surface area contributed by atoms with Crippen LogP contribution in [0.4, 0.5) is 0 Å². The van der Waals surface area contributed by atoms with E-state index in [0.717, 1.165) is 5.75 Å². The van der Waals surface area contributed by atoms with Crippen molar-refractivity contribution in [3.63, 3.8) is 0 Å². The molecule has 17 heavy (non-hydrogen) atoms. The van der Waals surface area contributed by atoms with E-state index >= 15 is 0 Å². The molecule has 0 bridgehead atoms. The minimum absolute atomic E-state index is 0.234. The molecule has 2 rings (SSSR count). The van der Waals surface area contributed by atoms with Gasteiger partial charge in [0.05, 0.1) is 7.11 Å². The molecule has 1 aromatic carbocycles. The number of benzene rings is 1. The summed E-state index contributed by atoms with van der Waals surface area (Å²) >= 11 is 0. The molecule has 1 unspecified atom stereocenters. The van der Waals surface area contributed by atoms with Crippen LogP contribution in [0.15, 0.2) is 35.9 Å². The molecular formula is C16H22O. The molecule has 92 valence electrons. The predicted octanol–water partition coefficient (Wildman–Crippen LogP) is 4.33. The van der Waals surface area contributed by atoms with Crippen LogP contribution in [0.25, 0.3) is 0 Å². The number of ether oxygens (including phenoxy) is 1. The summed E-state index contributed by atoms with van der Waals surface area (Å²) in [4.78, 5) is 0. The van der Waals surface area contributed by atoms with Gasteiger partial charge in [0.2, 0.25) is 0 Å². The number of methoxy groups -OCH3 is 1. The molecule has 0 aliphatic heterocycles. The molecule has 0 radical (unpaired) electrons. The predicted molar refractivity (Wildman–Crippen MR) is 72.5 cm³/mol. The lowest BCUT2D eigenvalue weighted by atomic mass is 9.86. The zero-order valence-corrected chi connectivity index (χ0v) is 11.5. The topological polar surface area (TPSA) is 9.23 Å². The molecule has 0 heterocycles. The SMILES string of the molecule is COc1ccc(C2(C=C(C)C)CC2(C)C)cc1. The smallest absolute Gasteiger partial charge is 0.118 e. The van der Waals surface area contributed by atoms with Gasteiger partial charge in [-0.2, -0.15) is 0 Å². The van der Waals surface area contributed by atoms with Crippen molar-refractivity contribution in [3.05, 3.63) is 41.5 Å². The average Bonchev–Trinajstić information content (AvgIpc) is 2.80. The number of rotatable bonds is 3. The minimum Gasteiger partial charge on any atom is -0.497 e. The van der Waals surface area contributed by atoms with E-state index in [1.165, 1.54) is 17.6 Å². The molecule has 1 aliphatic rings. The fourth-order valence-corrected chi connectivity index (χ4v) is 2.86. The van der Waals surface area contributed by atoms with Crippen LogP contribution in [-0.2, 0) is 5.41 Å². The van der Waals surface area contributed by atoms with Gasteiger partial charge < -0.3 is 4.74 Å². The summed E-state index contributed by atoms with van der Waals surface area (Å²) in [6, 6.07) is 8.52. The van der Waals surface area contributed by atoms with E-state index in [9.17, 15) is 0 Å². The number of hydrogen-bond donors (Lipinski definition) is 0. The second kappa shape index (κ2) is 3.90. The Hall–Kier alpha value is -1.24. The quantitative estimate of drug-likeness (QED) is 0.702. The molecule has 1 saturated carbocycles. The first-order valence-electron chi connectivity index (χ1n) is 6.22. The van der Waals surface area contributed by atoms with Gasteiger partial charge in [0.15, 0.2) is 0 Å². The largest absolute Gasteiger partial charge is 0.497 e. The molecule has 1 atom stereocenters. The van der Waals surface area contributed by atoms with Gasteiger partial charge in [0.25, 0.3) is 0 Å². The Morgan fingerprint density at radius 2 is 1.71 bits per heavy atom. The van der Waals surface area contributed by atoms with Crippen LogP contribution in [0.1, 0.15) is 39.7 Å². The van der Waals surface area contributed by atoms with Crippen LogP contribution >= 0.6 is 0 Å². The molecular weight excluding hydrogens is 208 g/mol. The van der Waals surface area contributed by atoms with Crippen molar-refractivity contribution in [2.45, 2.75) is 39.5 Å². The van der Waals surface area contributed by atoms with Gasteiger partial charge >= 0.3 is 0 Å². The van der Waals surface area contributed by atoms with Crippen LogP contribution in [-0.4, -0.2) is 7.11 Å². The molecule has 0 saturated heterocycles. The third-order valence-electron chi connectivity index (χ3n) is 3.94. The summed E-state index contributed by atoms with van der Waals surface area (Å²) in [6.45, 7) is 9.05. The van der Waals surface area contributed by atoms with Crippen molar-refractivity contribution < 1.29 is 4.74 Å². The standard InChI is InChI=1S/C16H22O/c1-12(2)10-16(11-15(16,3)4)13-6-8-14(17-5)9-7-13/h6-10H,11H2,1-5H3. The fraction of sp³-hybridized carbons (Fsp3) is 0.500. The lowest BCUT2D eigenvalue weighted by Gasteiger charge is -2.18. The second-order valence-corrected chi connectivity index (χ2v) is 5.98. The average molecular weight is 230 g/mol. The Labute approximate surface area is 104 Å². The van der Waals surface area contributed by atoms with E-state index < -0.39 is 0 Å². The van der Waals surface area contributed by atoms with Crippen LogP contribution in [0, 0.1) is 5.41 Å². The van der Waals surface area contributed by atoms with Gasteiger partial charge in [-0.25, -0.2) is 0 Å². The minimum atomic E-state index is 0.234. The summed E-state index contributed by atoms with van der Waals surface area (Å²) in [5.41, 5.74) is 3.41. The van der Waals surface area contributed by atoms with Gasteiger partial charge in [0.1, 0.15) is 5.75 Å². The van der Waals surface area contributed by atoms with Crippen LogP contribution < -0.4 is 4.74 Å². The van der Waals surface area contributed by atoms with Gasteiger partial charge in [-0.3, -0.25) is 0 Å². The lowest BCUT2D eigenvalue weighted by Crippen LogP contribution is -2.11. The van der Waals surface area contributed by atoms with E-state index in [2.05, 4.69) is 58.0 Å². The Morgan fingerprint density at radius 1 is 1.18 bits per heavy atom. The molecule has 1 nitrogen and oxygen atoms in total. The first kappa shape index (κ1) is 12.2. The van der Waals surface area contributed by atoms with Crippen molar-refractivity contribution in [1.29, 1.82) is 0 Å². The van der Waals surface area contributed by atoms with E-state index in [1.54, 1.807) is 7.11 Å². The molecule has 0 aromatic heterocycles. The number of allylic oxidation sites excluding steroid dienone is 2. The normalized spacial score (nSPS) is 25.2. The highest BCUT2D eigenvalue weighted by Gasteiger charge is 2.60. The third-order valence-corrected chi connectivity index (χ3v) is 3.94. The summed E-state index contributed by atoms with van der Waals surface area (Å²) in [7, 11) is 1.71. The van der Waals surface area contributed by atoms with Crippen molar-refractivity contribution in [1.82, 2.24) is 0 Å². The van der Waals surface area contributed by atoms with Gasteiger partial charge in [-0.05, 0) is 43.4 Å². The Kier molecular flexibility index (Phi) is 2.81. The van der Waals surface area contributed by atoms with Gasteiger partial charge in [0, 0.05) is 5.41 Å². The summed E-state index contributed by atoms with van der Waals surface area (Å²) in [6.07, 6.45) is 3.66. The van der Waals surface area contributed by atoms with Crippen LogP contribution in [0.3, 0.4) is 0 Å². The van der Waals surface area contributed by atoms with Crippen molar-refractivity contribution >= 4 is 0 Å². The number of hydrogen-bond acceptors (Lipinski definition) is 1. The van der Waals surface area contributed by atoms with Crippen molar-refractivity contribution in [3.8, 4) is 5.75 Å². The Balaban J connectivity index is 2.39.